The molecule has 3 saturated heterocycles. The van der Waals surface area contributed by atoms with Crippen molar-refractivity contribution < 1.29 is 29.3 Å². The number of aliphatic hydroxyl groups is 1. The van der Waals surface area contributed by atoms with Gasteiger partial charge in [-0.25, -0.2) is 9.79 Å². The van der Waals surface area contributed by atoms with Gasteiger partial charge in [0.25, 0.3) is 0 Å². The molecule has 0 aromatic rings. The first-order valence-corrected chi connectivity index (χ1v) is 13.4. The number of carbonyl (C=O) groups excluding carboxylic acids is 2. The second-order valence-corrected chi connectivity index (χ2v) is 11.6. The number of nitrogens with zero attached hydrogens (tertiary/aromatic N) is 4. The van der Waals surface area contributed by atoms with Crippen molar-refractivity contribution in [3.8, 4) is 0 Å². The Morgan fingerprint density at radius 2 is 2.05 bits per heavy atom. The van der Waals surface area contributed by atoms with E-state index < -0.39 is 18.0 Å². The SMILES string of the molecule is C[C@@H](O)[C@H]1C(=O)N2C(C(=O)O)=C(S[C@H]3C[C@@H](C(=O)N4CC[C@H](NCOCN=C(N)N)C4)N(C)C3)[C@H](C)[C@H]12. The van der Waals surface area contributed by atoms with E-state index in [1.807, 2.05) is 23.8 Å². The van der Waals surface area contributed by atoms with E-state index in [-0.39, 0.29) is 66.2 Å². The van der Waals surface area contributed by atoms with Crippen molar-refractivity contribution in [2.45, 2.75) is 56.2 Å². The van der Waals surface area contributed by atoms with E-state index in [2.05, 4.69) is 10.3 Å². The van der Waals surface area contributed by atoms with Crippen LogP contribution in [-0.4, -0.2) is 118 Å². The summed E-state index contributed by atoms with van der Waals surface area (Å²) in [4.78, 5) is 47.7. The van der Waals surface area contributed by atoms with Crippen LogP contribution in [0.15, 0.2) is 15.6 Å². The zero-order valence-electron chi connectivity index (χ0n) is 21.4. The number of aliphatic carboxylic acids is 1. The fourth-order valence-corrected chi connectivity index (χ4v) is 7.46. The number of carbonyl (C=O) groups is 3. The van der Waals surface area contributed by atoms with Crippen LogP contribution < -0.4 is 16.8 Å². The number of β-lactam (4-membered cyclic amide) rings is 1. The Bertz CT molecular complexity index is 987. The van der Waals surface area contributed by atoms with E-state index in [0.29, 0.717) is 31.0 Å². The number of nitrogens with one attached hydrogen (secondary N) is 1. The fourth-order valence-electron chi connectivity index (χ4n) is 5.87. The third kappa shape index (κ3) is 5.43. The van der Waals surface area contributed by atoms with Gasteiger partial charge in [-0.1, -0.05) is 6.92 Å². The number of hydrogen-bond donors (Lipinski definition) is 5. The van der Waals surface area contributed by atoms with Gasteiger partial charge in [0.15, 0.2) is 5.96 Å². The molecule has 4 rings (SSSR count). The molecule has 13 nitrogen and oxygen atoms in total. The van der Waals surface area contributed by atoms with E-state index in [0.717, 1.165) is 6.42 Å². The number of aliphatic imine (C=N–C) groups is 1. The molecule has 0 unspecified atom stereocenters. The Balaban J connectivity index is 1.33. The summed E-state index contributed by atoms with van der Waals surface area (Å²) >= 11 is 1.46. The number of hydrogen-bond acceptors (Lipinski definition) is 9. The highest BCUT2D eigenvalue weighted by molar-refractivity contribution is 8.03. The van der Waals surface area contributed by atoms with Crippen molar-refractivity contribution in [1.82, 2.24) is 20.0 Å². The third-order valence-corrected chi connectivity index (χ3v) is 9.21. The third-order valence-electron chi connectivity index (χ3n) is 7.71. The summed E-state index contributed by atoms with van der Waals surface area (Å²) in [6.07, 6.45) is 0.574. The second kappa shape index (κ2) is 11.2. The summed E-state index contributed by atoms with van der Waals surface area (Å²) < 4.78 is 5.32. The van der Waals surface area contributed by atoms with Crippen LogP contribution in [0.3, 0.4) is 0 Å². The molecule has 0 aromatic carbocycles. The van der Waals surface area contributed by atoms with Crippen LogP contribution in [0.5, 0.6) is 0 Å². The normalized spacial score (nSPS) is 32.5. The summed E-state index contributed by atoms with van der Waals surface area (Å²) in [6, 6.07) is -0.509. The molecule has 0 bridgehead atoms. The molecular formula is C23H37N7O6S. The van der Waals surface area contributed by atoms with Crippen LogP contribution in [0.2, 0.25) is 0 Å². The van der Waals surface area contributed by atoms with Gasteiger partial charge in [0.1, 0.15) is 12.4 Å². The predicted molar refractivity (Wildman–Crippen MR) is 137 cm³/mol. The smallest absolute Gasteiger partial charge is 0.353 e. The standard InChI is InChI=1S/C23H37N7O6S/c1-11-17-16(12(2)31)21(33)30(17)18(22(34)35)19(11)37-14-6-15(28(3)8-14)20(32)29-5-4-13(7-29)26-9-36-10-27-23(24)25/h11-17,26,31H,4-10H2,1-3H3,(H,34,35)(H4,24,25,27)/t11-,12-,13+,14+,15+,16-,17-/m1/s1. The predicted octanol–water partition coefficient (Wildman–Crippen LogP) is -1.66. The molecule has 7 atom stereocenters. The first kappa shape index (κ1) is 27.6. The number of rotatable bonds is 10. The monoisotopic (exact) mass is 539 g/mol. The van der Waals surface area contributed by atoms with Crippen molar-refractivity contribution in [1.29, 1.82) is 0 Å². The lowest BCUT2D eigenvalue weighted by Gasteiger charge is -2.46. The number of carboxylic acid groups (broad SMARTS) is 1. The second-order valence-electron chi connectivity index (χ2n) is 10.2. The Labute approximate surface area is 220 Å². The maximum atomic E-state index is 13.3. The highest BCUT2D eigenvalue weighted by atomic mass is 32.2. The van der Waals surface area contributed by atoms with Crippen LogP contribution in [0.4, 0.5) is 0 Å². The maximum Gasteiger partial charge on any atom is 0.353 e. The molecule has 4 heterocycles. The molecule has 0 aromatic heterocycles. The summed E-state index contributed by atoms with van der Waals surface area (Å²) in [5.74, 6) is -2.21. The lowest BCUT2D eigenvalue weighted by molar-refractivity contribution is -0.163. The number of carboxylic acids is 1. The summed E-state index contributed by atoms with van der Waals surface area (Å²) in [5, 5.41) is 23.2. The Morgan fingerprint density at radius 1 is 1.32 bits per heavy atom. The van der Waals surface area contributed by atoms with Gasteiger partial charge in [-0.2, -0.15) is 0 Å². The average Bonchev–Trinajstić information content (AvgIpc) is 3.49. The van der Waals surface area contributed by atoms with Crippen molar-refractivity contribution in [2.75, 3.05) is 40.1 Å². The van der Waals surface area contributed by atoms with Gasteiger partial charge in [0, 0.05) is 41.7 Å². The number of ether oxygens (including phenoxy) is 1. The molecule has 206 valence electrons. The minimum atomic E-state index is -1.13. The Hall–Kier alpha value is -2.39. The molecular weight excluding hydrogens is 502 g/mol. The molecule has 4 aliphatic rings. The Morgan fingerprint density at radius 3 is 2.70 bits per heavy atom. The molecule has 0 saturated carbocycles. The van der Waals surface area contributed by atoms with Crippen LogP contribution >= 0.6 is 11.8 Å². The van der Waals surface area contributed by atoms with E-state index in [9.17, 15) is 24.6 Å². The molecule has 3 fully saturated rings. The van der Waals surface area contributed by atoms with Crippen molar-refractivity contribution in [3.05, 3.63) is 10.6 Å². The van der Waals surface area contributed by atoms with Crippen LogP contribution in [0, 0.1) is 11.8 Å². The van der Waals surface area contributed by atoms with Gasteiger partial charge in [0.2, 0.25) is 11.8 Å². The van der Waals surface area contributed by atoms with Gasteiger partial charge in [-0.15, -0.1) is 11.8 Å². The van der Waals surface area contributed by atoms with Gasteiger partial charge in [-0.3, -0.25) is 19.8 Å². The molecule has 0 radical (unpaired) electrons. The molecule has 0 aliphatic carbocycles. The minimum absolute atomic E-state index is 0.0185. The van der Waals surface area contributed by atoms with Gasteiger partial charge < -0.3 is 36.2 Å². The van der Waals surface area contributed by atoms with Crippen LogP contribution in [-0.2, 0) is 19.1 Å². The number of aliphatic hydroxyl groups excluding tert-OH is 1. The highest BCUT2D eigenvalue weighted by Crippen LogP contribution is 2.52. The van der Waals surface area contributed by atoms with Crippen molar-refractivity contribution in [2.24, 2.45) is 28.3 Å². The molecule has 14 heteroatoms. The van der Waals surface area contributed by atoms with E-state index in [1.165, 1.54) is 16.7 Å². The lowest BCUT2D eigenvalue weighted by atomic mass is 9.79. The van der Waals surface area contributed by atoms with Crippen LogP contribution in [0.25, 0.3) is 0 Å². The molecule has 37 heavy (non-hydrogen) atoms. The first-order valence-electron chi connectivity index (χ1n) is 12.5. The number of amides is 2. The van der Waals surface area contributed by atoms with Crippen LogP contribution in [0.1, 0.15) is 26.7 Å². The number of thioether (sulfide) groups is 1. The molecule has 4 aliphatic heterocycles. The lowest BCUT2D eigenvalue weighted by Crippen LogP contribution is -2.63. The average molecular weight is 540 g/mol. The van der Waals surface area contributed by atoms with E-state index >= 15 is 0 Å². The minimum Gasteiger partial charge on any atom is -0.477 e. The van der Waals surface area contributed by atoms with Gasteiger partial charge >= 0.3 is 5.97 Å². The highest BCUT2D eigenvalue weighted by Gasteiger charge is 2.60. The first-order chi connectivity index (χ1) is 17.5. The van der Waals surface area contributed by atoms with Gasteiger partial charge in [-0.05, 0) is 26.8 Å². The van der Waals surface area contributed by atoms with Gasteiger partial charge in [0.05, 0.1) is 30.8 Å². The zero-order valence-corrected chi connectivity index (χ0v) is 22.2. The summed E-state index contributed by atoms with van der Waals surface area (Å²) in [6.45, 7) is 5.70. The molecule has 2 amide bonds. The molecule has 0 spiro atoms. The quantitative estimate of drug-likeness (QED) is 0.0703. The number of likely N-dealkylation sites (N-methyl/N-ethyl adjacent to an activating group) is 1. The van der Waals surface area contributed by atoms with E-state index in [4.69, 9.17) is 16.2 Å². The Kier molecular flexibility index (Phi) is 8.33. The van der Waals surface area contributed by atoms with E-state index in [1.54, 1.807) is 6.92 Å². The van der Waals surface area contributed by atoms with Crippen molar-refractivity contribution >= 4 is 35.5 Å². The number of fused-ring (bicyclic) bond motifs is 1. The number of guanidine groups is 1. The largest absolute Gasteiger partial charge is 0.477 e. The number of likely N-dealkylation sites (tertiary alicyclic amines) is 2. The molecule has 7 N–H and O–H groups in total. The van der Waals surface area contributed by atoms with Crippen molar-refractivity contribution in [3.63, 3.8) is 0 Å². The summed E-state index contributed by atoms with van der Waals surface area (Å²) in [7, 11) is 1.91. The number of nitrogens with two attached hydrogens (primary N) is 2. The fraction of sp³-hybridized carbons (Fsp3) is 0.739. The summed E-state index contributed by atoms with van der Waals surface area (Å²) in [5.41, 5.74) is 10.5. The topological polar surface area (TPSA) is 187 Å². The maximum absolute atomic E-state index is 13.3. The zero-order chi connectivity index (χ0) is 27.0.